The molecule has 0 radical (unpaired) electrons. The van der Waals surface area contributed by atoms with E-state index >= 15 is 0 Å². The number of esters is 3. The monoisotopic (exact) mass is 821 g/mol. The molecule has 0 N–H and O–H groups in total. The highest BCUT2D eigenvalue weighted by Crippen LogP contribution is 2.18. The number of rotatable bonds is 46. The van der Waals surface area contributed by atoms with Crippen molar-refractivity contribution in [2.75, 3.05) is 13.2 Å². The van der Waals surface area contributed by atoms with E-state index in [1.165, 1.54) is 173 Å². The Labute approximate surface area is 361 Å². The molecule has 58 heavy (non-hydrogen) atoms. The van der Waals surface area contributed by atoms with Gasteiger partial charge in [0.1, 0.15) is 13.2 Å². The van der Waals surface area contributed by atoms with Crippen molar-refractivity contribution >= 4 is 17.9 Å². The summed E-state index contributed by atoms with van der Waals surface area (Å²) in [6.07, 6.45) is 45.3. The molecule has 0 aromatic heterocycles. The lowest BCUT2D eigenvalue weighted by atomic mass is 9.99. The zero-order valence-electron chi connectivity index (χ0n) is 39.7. The molecule has 0 rings (SSSR count). The number of carbonyl (C=O) groups is 3. The van der Waals surface area contributed by atoms with Gasteiger partial charge in [0.15, 0.2) is 6.10 Å². The zero-order valence-corrected chi connectivity index (χ0v) is 39.7. The van der Waals surface area contributed by atoms with Crippen LogP contribution in [0.5, 0.6) is 0 Å². The van der Waals surface area contributed by atoms with Gasteiger partial charge in [-0.05, 0) is 31.1 Å². The second-order valence-electron chi connectivity index (χ2n) is 18.5. The summed E-state index contributed by atoms with van der Waals surface area (Å²) >= 11 is 0. The van der Waals surface area contributed by atoms with Crippen LogP contribution in [0.25, 0.3) is 0 Å². The molecule has 0 aliphatic rings. The highest BCUT2D eigenvalue weighted by molar-refractivity contribution is 5.71. The van der Waals surface area contributed by atoms with Gasteiger partial charge in [-0.3, -0.25) is 14.4 Å². The molecule has 2 atom stereocenters. The van der Waals surface area contributed by atoms with Crippen LogP contribution in [0.2, 0.25) is 0 Å². The molecule has 0 aromatic carbocycles. The van der Waals surface area contributed by atoms with Gasteiger partial charge in [0.25, 0.3) is 0 Å². The first-order valence-corrected chi connectivity index (χ1v) is 25.8. The molecule has 0 bridgehead atoms. The fraction of sp³-hybridized carbons (Fsp3) is 0.942. The molecule has 0 heterocycles. The molecule has 0 fully saturated rings. The molecule has 0 saturated carbocycles. The second-order valence-corrected chi connectivity index (χ2v) is 18.5. The average Bonchev–Trinajstić information content (AvgIpc) is 3.21. The molecule has 0 aliphatic heterocycles. The van der Waals surface area contributed by atoms with E-state index in [2.05, 4.69) is 34.6 Å². The first-order valence-electron chi connectivity index (χ1n) is 25.8. The highest BCUT2D eigenvalue weighted by atomic mass is 16.6. The van der Waals surface area contributed by atoms with E-state index in [0.29, 0.717) is 19.3 Å². The predicted molar refractivity (Wildman–Crippen MR) is 247 cm³/mol. The van der Waals surface area contributed by atoms with Crippen molar-refractivity contribution in [1.29, 1.82) is 0 Å². The summed E-state index contributed by atoms with van der Waals surface area (Å²) in [5, 5.41) is 0. The third-order valence-electron chi connectivity index (χ3n) is 12.1. The highest BCUT2D eigenvalue weighted by Gasteiger charge is 2.19. The lowest BCUT2D eigenvalue weighted by molar-refractivity contribution is -0.167. The number of carbonyl (C=O) groups excluding carboxylic acids is 3. The Hall–Kier alpha value is -1.59. The van der Waals surface area contributed by atoms with Crippen molar-refractivity contribution in [3.8, 4) is 0 Å². The summed E-state index contributed by atoms with van der Waals surface area (Å²) in [4.78, 5) is 37.8. The maximum Gasteiger partial charge on any atom is 0.306 e. The van der Waals surface area contributed by atoms with Crippen LogP contribution in [0.15, 0.2) is 0 Å². The fourth-order valence-electron chi connectivity index (χ4n) is 7.78. The van der Waals surface area contributed by atoms with Crippen LogP contribution in [0.3, 0.4) is 0 Å². The predicted octanol–water partition coefficient (Wildman–Crippen LogP) is 16.5. The van der Waals surface area contributed by atoms with Gasteiger partial charge in [-0.1, -0.05) is 247 Å². The average molecular weight is 821 g/mol. The van der Waals surface area contributed by atoms with Crippen LogP contribution in [0.1, 0.15) is 285 Å². The van der Waals surface area contributed by atoms with Gasteiger partial charge in [-0.25, -0.2) is 0 Å². The summed E-state index contributed by atoms with van der Waals surface area (Å²) in [6.45, 7) is 11.4. The Bertz CT molecular complexity index is 887. The molecular weight excluding hydrogens is 721 g/mol. The van der Waals surface area contributed by atoms with E-state index in [-0.39, 0.29) is 31.1 Å². The van der Waals surface area contributed by atoms with Crippen LogP contribution >= 0.6 is 0 Å². The summed E-state index contributed by atoms with van der Waals surface area (Å²) in [5.74, 6) is 0.866. The summed E-state index contributed by atoms with van der Waals surface area (Å²) in [5.41, 5.74) is 0. The molecule has 0 amide bonds. The Morgan fingerprint density at radius 3 is 0.983 bits per heavy atom. The minimum Gasteiger partial charge on any atom is -0.462 e. The Morgan fingerprint density at radius 1 is 0.362 bits per heavy atom. The van der Waals surface area contributed by atoms with E-state index in [9.17, 15) is 14.4 Å². The summed E-state index contributed by atoms with van der Waals surface area (Å²) < 4.78 is 16.7. The molecule has 344 valence electrons. The first kappa shape index (κ1) is 56.4. The molecule has 1 unspecified atom stereocenters. The van der Waals surface area contributed by atoms with Crippen molar-refractivity contribution in [2.45, 2.75) is 291 Å². The van der Waals surface area contributed by atoms with Crippen molar-refractivity contribution in [3.05, 3.63) is 0 Å². The molecule has 0 spiro atoms. The second kappa shape index (κ2) is 44.9. The number of unbranched alkanes of at least 4 members (excludes halogenated alkanes) is 30. The quantitative estimate of drug-likeness (QED) is 0.0346. The van der Waals surface area contributed by atoms with Crippen LogP contribution < -0.4 is 0 Å². The molecule has 0 aromatic rings. The molecule has 6 nitrogen and oxygen atoms in total. The van der Waals surface area contributed by atoms with Crippen molar-refractivity contribution in [3.63, 3.8) is 0 Å². The molecule has 6 heteroatoms. The van der Waals surface area contributed by atoms with Crippen molar-refractivity contribution in [1.82, 2.24) is 0 Å². The van der Waals surface area contributed by atoms with E-state index in [1.54, 1.807) is 0 Å². The number of hydrogen-bond acceptors (Lipinski definition) is 6. The van der Waals surface area contributed by atoms with Crippen molar-refractivity contribution in [2.24, 2.45) is 11.8 Å². The van der Waals surface area contributed by atoms with Gasteiger partial charge < -0.3 is 14.2 Å². The van der Waals surface area contributed by atoms with Gasteiger partial charge in [0.05, 0.1) is 0 Å². The van der Waals surface area contributed by atoms with Gasteiger partial charge in [-0.15, -0.1) is 0 Å². The Balaban J connectivity index is 4.19. The number of hydrogen-bond donors (Lipinski definition) is 0. The van der Waals surface area contributed by atoms with E-state index in [0.717, 1.165) is 69.6 Å². The van der Waals surface area contributed by atoms with Crippen LogP contribution in [-0.4, -0.2) is 37.2 Å². The third kappa shape index (κ3) is 44.0. The fourth-order valence-corrected chi connectivity index (χ4v) is 7.78. The maximum absolute atomic E-state index is 12.8. The van der Waals surface area contributed by atoms with E-state index in [4.69, 9.17) is 14.2 Å². The van der Waals surface area contributed by atoms with Crippen LogP contribution in [0.4, 0.5) is 0 Å². The topological polar surface area (TPSA) is 78.9 Å². The smallest absolute Gasteiger partial charge is 0.306 e. The van der Waals surface area contributed by atoms with Crippen LogP contribution in [-0.2, 0) is 28.6 Å². The van der Waals surface area contributed by atoms with E-state index < -0.39 is 6.10 Å². The Morgan fingerprint density at radius 2 is 0.655 bits per heavy atom. The third-order valence-corrected chi connectivity index (χ3v) is 12.1. The minimum atomic E-state index is -0.760. The van der Waals surface area contributed by atoms with Gasteiger partial charge >= 0.3 is 17.9 Å². The lowest BCUT2D eigenvalue weighted by Gasteiger charge is -2.18. The SMILES string of the molecule is CCCCCCCCCC(=O)OC[C@H](COC(=O)CCCCCCCCCCCCC(C)CC)OC(=O)CCCCCCCCCCCCCCCCCCC(C)C. The Kier molecular flexibility index (Phi) is 43.7. The van der Waals surface area contributed by atoms with Crippen molar-refractivity contribution < 1.29 is 28.6 Å². The first-order chi connectivity index (χ1) is 28.3. The summed E-state index contributed by atoms with van der Waals surface area (Å²) in [6, 6.07) is 0. The molecular formula is C52H100O6. The molecule has 0 aliphatic carbocycles. The van der Waals surface area contributed by atoms with E-state index in [1.807, 2.05) is 0 Å². The standard InChI is InChI=1S/C52H100O6/c1-6-8-9-10-25-32-37-42-50(53)56-45-49(46-57-51(54)43-38-33-28-23-20-19-22-27-31-36-41-48(5)7-2)58-52(55)44-39-34-29-24-18-16-14-12-11-13-15-17-21-26-30-35-40-47(3)4/h47-49H,6-46H2,1-5H3/t48?,49-/m1/s1. The minimum absolute atomic E-state index is 0.0643. The largest absolute Gasteiger partial charge is 0.462 e. The lowest BCUT2D eigenvalue weighted by Crippen LogP contribution is -2.30. The number of ether oxygens (including phenoxy) is 3. The van der Waals surface area contributed by atoms with Crippen LogP contribution in [0, 0.1) is 11.8 Å². The zero-order chi connectivity index (χ0) is 42.6. The van der Waals surface area contributed by atoms with Gasteiger partial charge in [0, 0.05) is 19.3 Å². The normalized spacial score (nSPS) is 12.5. The maximum atomic E-state index is 12.8. The molecule has 0 saturated heterocycles. The van der Waals surface area contributed by atoms with Gasteiger partial charge in [-0.2, -0.15) is 0 Å². The van der Waals surface area contributed by atoms with Gasteiger partial charge in [0.2, 0.25) is 0 Å². The summed E-state index contributed by atoms with van der Waals surface area (Å²) in [7, 11) is 0.